The van der Waals surface area contributed by atoms with Gasteiger partial charge in [0.05, 0.1) is 38.6 Å². The maximum Gasteiger partial charge on any atom is 0.220 e. The molecule has 0 radical (unpaired) electrons. The predicted molar refractivity (Wildman–Crippen MR) is 369 cm³/mol. The summed E-state index contributed by atoms with van der Waals surface area (Å²) < 4.78 is 34.3. The van der Waals surface area contributed by atoms with Crippen molar-refractivity contribution in [1.82, 2.24) is 5.32 Å². The topological polar surface area (TPSA) is 307 Å². The van der Waals surface area contributed by atoms with E-state index in [-0.39, 0.29) is 18.9 Å². The number of hydrogen-bond donors (Lipinski definition) is 12. The fourth-order valence-corrected chi connectivity index (χ4v) is 11.2. The number of amides is 1. The van der Waals surface area contributed by atoms with Crippen LogP contribution in [0.15, 0.2) is 122 Å². The molecule has 17 atom stereocenters. The molecule has 0 aromatic carbocycles. The second-order valence-corrected chi connectivity index (χ2v) is 24.9. The summed E-state index contributed by atoms with van der Waals surface area (Å²) in [5.41, 5.74) is 0. The van der Waals surface area contributed by atoms with Crippen LogP contribution < -0.4 is 5.32 Å². The molecule has 3 fully saturated rings. The van der Waals surface area contributed by atoms with Crippen molar-refractivity contribution in [2.45, 2.75) is 317 Å². The number of aliphatic hydroxyl groups excluding tert-OH is 11. The van der Waals surface area contributed by atoms with Gasteiger partial charge in [0.25, 0.3) is 0 Å². The highest BCUT2D eigenvalue weighted by atomic mass is 16.8. The molecule has 94 heavy (non-hydrogen) atoms. The number of ether oxygens (including phenoxy) is 6. The van der Waals surface area contributed by atoms with Gasteiger partial charge in [-0.25, -0.2) is 0 Å². The van der Waals surface area contributed by atoms with Gasteiger partial charge >= 0.3 is 0 Å². The van der Waals surface area contributed by atoms with E-state index in [9.17, 15) is 61.0 Å². The fourth-order valence-electron chi connectivity index (χ4n) is 11.2. The first kappa shape index (κ1) is 84.4. The summed E-state index contributed by atoms with van der Waals surface area (Å²) in [5.74, 6) is -0.313. The third kappa shape index (κ3) is 36.1. The lowest BCUT2D eigenvalue weighted by Crippen LogP contribution is -2.66. The Morgan fingerprint density at radius 3 is 1.19 bits per heavy atom. The van der Waals surface area contributed by atoms with Gasteiger partial charge in [-0.15, -0.1) is 0 Å². The normalized spacial score (nSPS) is 28.1. The Balaban J connectivity index is 1.46. The molecule has 17 unspecified atom stereocenters. The zero-order valence-corrected chi connectivity index (χ0v) is 56.9. The summed E-state index contributed by atoms with van der Waals surface area (Å²) in [7, 11) is 0. The first-order chi connectivity index (χ1) is 45.8. The van der Waals surface area contributed by atoms with Gasteiger partial charge in [-0.1, -0.05) is 225 Å². The van der Waals surface area contributed by atoms with Gasteiger partial charge in [-0.2, -0.15) is 0 Å². The molecule has 0 bridgehead atoms. The zero-order chi connectivity index (χ0) is 68.2. The molecule has 3 aliphatic heterocycles. The summed E-state index contributed by atoms with van der Waals surface area (Å²) in [6.07, 6.45) is 48.8. The summed E-state index contributed by atoms with van der Waals surface area (Å²) in [5, 5.41) is 121. The van der Waals surface area contributed by atoms with Crippen molar-refractivity contribution in [3.63, 3.8) is 0 Å². The van der Waals surface area contributed by atoms with E-state index in [1.165, 1.54) is 77.0 Å². The largest absolute Gasteiger partial charge is 0.394 e. The van der Waals surface area contributed by atoms with Gasteiger partial charge in [0.2, 0.25) is 5.91 Å². The van der Waals surface area contributed by atoms with Crippen molar-refractivity contribution in [1.29, 1.82) is 0 Å². The minimum absolute atomic E-state index is 0.201. The van der Waals surface area contributed by atoms with E-state index in [2.05, 4.69) is 129 Å². The van der Waals surface area contributed by atoms with Gasteiger partial charge in [0, 0.05) is 6.42 Å². The molecule has 0 aromatic heterocycles. The van der Waals surface area contributed by atoms with Crippen molar-refractivity contribution in [2.24, 2.45) is 0 Å². The van der Waals surface area contributed by atoms with Crippen molar-refractivity contribution in [2.75, 3.05) is 26.4 Å². The van der Waals surface area contributed by atoms with Crippen molar-refractivity contribution >= 4 is 5.91 Å². The van der Waals surface area contributed by atoms with Crippen LogP contribution in [0.1, 0.15) is 213 Å². The van der Waals surface area contributed by atoms with Crippen LogP contribution in [0, 0.1) is 0 Å². The molecule has 0 aliphatic carbocycles. The van der Waals surface area contributed by atoms with Crippen molar-refractivity contribution in [3.05, 3.63) is 122 Å². The number of allylic oxidation sites excluding steroid dienone is 19. The Labute approximate surface area is 563 Å². The van der Waals surface area contributed by atoms with Crippen LogP contribution in [-0.2, 0) is 33.2 Å². The maximum absolute atomic E-state index is 13.4. The maximum atomic E-state index is 13.4. The molecule has 0 saturated carbocycles. The molecule has 0 aromatic rings. The zero-order valence-electron chi connectivity index (χ0n) is 56.9. The number of carbonyl (C=O) groups is 1. The van der Waals surface area contributed by atoms with Crippen LogP contribution in [-0.4, -0.2) is 193 Å². The lowest BCUT2D eigenvalue weighted by molar-refractivity contribution is -0.379. The van der Waals surface area contributed by atoms with Gasteiger partial charge in [0.1, 0.15) is 73.2 Å². The van der Waals surface area contributed by atoms with Crippen molar-refractivity contribution < 1.29 is 89.4 Å². The first-order valence-electron chi connectivity index (χ1n) is 35.8. The average molecular weight is 1330 g/mol. The van der Waals surface area contributed by atoms with E-state index < -0.39 is 124 Å². The summed E-state index contributed by atoms with van der Waals surface area (Å²) in [6.45, 7) is 1.57. The minimum atomic E-state index is -1.99. The number of carbonyl (C=O) groups excluding carboxylic acids is 1. The Bertz CT molecular complexity index is 2180. The van der Waals surface area contributed by atoms with Crippen LogP contribution in [0.5, 0.6) is 0 Å². The van der Waals surface area contributed by atoms with Gasteiger partial charge in [0.15, 0.2) is 18.9 Å². The molecule has 19 nitrogen and oxygen atoms in total. The lowest BCUT2D eigenvalue weighted by atomic mass is 9.96. The van der Waals surface area contributed by atoms with Crippen LogP contribution in [0.3, 0.4) is 0 Å². The van der Waals surface area contributed by atoms with Crippen LogP contribution in [0.25, 0.3) is 0 Å². The third-order valence-corrected chi connectivity index (χ3v) is 17.0. The molecule has 538 valence electrons. The Morgan fingerprint density at radius 2 is 0.745 bits per heavy atom. The number of aliphatic hydroxyl groups is 11. The molecular formula is C75H125NO18. The van der Waals surface area contributed by atoms with Crippen LogP contribution >= 0.6 is 0 Å². The number of hydrogen-bond acceptors (Lipinski definition) is 18. The third-order valence-electron chi connectivity index (χ3n) is 17.0. The molecule has 12 N–H and O–H groups in total. The van der Waals surface area contributed by atoms with E-state index in [1.807, 2.05) is 6.08 Å². The van der Waals surface area contributed by atoms with E-state index in [0.717, 1.165) is 103 Å². The summed E-state index contributed by atoms with van der Waals surface area (Å²) >= 11 is 0. The molecule has 3 rings (SSSR count). The smallest absolute Gasteiger partial charge is 0.220 e. The highest BCUT2D eigenvalue weighted by Crippen LogP contribution is 2.33. The Hall–Kier alpha value is -3.81. The SMILES string of the molecule is CC/C=C\C/C=C\C/C=C\C/C=C\C/C=C\C/C=C\C/C=C\CCCCCCCC(=O)NC(COC1OC(CO)C(OC2OC(CO)C(OC3OC(CO)C(O)C(O)C3O)C(O)C2O)C(O)C1O)C(O)/C=C/CC/C=C/CC/C=C/CCCCCCCCCCCCCC. The van der Waals surface area contributed by atoms with Crippen LogP contribution in [0.2, 0.25) is 0 Å². The van der Waals surface area contributed by atoms with E-state index in [0.29, 0.717) is 12.8 Å². The fraction of sp³-hybridized carbons (Fsp3) is 0.720. The summed E-state index contributed by atoms with van der Waals surface area (Å²) in [4.78, 5) is 13.4. The lowest BCUT2D eigenvalue weighted by Gasteiger charge is -2.48. The number of rotatable bonds is 53. The van der Waals surface area contributed by atoms with Crippen molar-refractivity contribution in [3.8, 4) is 0 Å². The second kappa shape index (κ2) is 55.1. The Morgan fingerprint density at radius 1 is 0.394 bits per heavy atom. The quantitative estimate of drug-likeness (QED) is 0.0199. The molecule has 19 heteroatoms. The highest BCUT2D eigenvalue weighted by Gasteiger charge is 2.53. The highest BCUT2D eigenvalue weighted by molar-refractivity contribution is 5.76. The Kier molecular flexibility index (Phi) is 49.5. The first-order valence-corrected chi connectivity index (χ1v) is 35.8. The van der Waals surface area contributed by atoms with E-state index >= 15 is 0 Å². The second-order valence-electron chi connectivity index (χ2n) is 24.9. The molecular weight excluding hydrogens is 1200 g/mol. The standard InChI is InChI=1S/C75H125NO18/c1-3-5-7-9-11-13-15-17-19-21-23-25-27-28-29-30-31-33-35-37-39-41-43-45-47-49-51-53-63(81)76-58(59(80)52-50-48-46-44-42-40-38-36-34-32-26-24-22-20-18-16-14-12-10-8-6-4-2)57-89-73-69(87)66(84)71(61(55-78)91-73)94-75-70(88)67(85)72(62(56-79)92-75)93-74-68(86)65(83)64(82)60(54-77)90-74/h5,7,11,13,17,19,23,25,28-29,31,33-34,36-37,39,42,44,50,52,58-62,64-75,77-80,82-88H,3-4,6,8-10,12,14-16,18,20-22,24,26-27,30,32,35,38,40-41,43,45-49,51,53-57H2,1-2H3,(H,76,81)/b7-5-,13-11-,19-17-,25-23-,29-28-,33-31-,36-34+,39-37-,44-42+,52-50+. The van der Waals surface area contributed by atoms with Gasteiger partial charge in [-0.3, -0.25) is 4.79 Å². The van der Waals surface area contributed by atoms with Crippen LogP contribution in [0.4, 0.5) is 0 Å². The summed E-state index contributed by atoms with van der Waals surface area (Å²) in [6, 6.07) is -1.02. The number of nitrogens with one attached hydrogen (secondary N) is 1. The molecule has 3 saturated heterocycles. The van der Waals surface area contributed by atoms with Gasteiger partial charge in [-0.05, 0) is 103 Å². The van der Waals surface area contributed by atoms with E-state index in [4.69, 9.17) is 28.4 Å². The predicted octanol–water partition coefficient (Wildman–Crippen LogP) is 9.99. The molecule has 3 heterocycles. The monoisotopic (exact) mass is 1330 g/mol. The molecule has 3 aliphatic rings. The molecule has 1 amide bonds. The average Bonchev–Trinajstić information content (AvgIpc) is 0.787. The van der Waals surface area contributed by atoms with Gasteiger partial charge < -0.3 is 89.9 Å². The molecule has 0 spiro atoms. The van der Waals surface area contributed by atoms with E-state index in [1.54, 1.807) is 6.08 Å². The number of unbranched alkanes of at least 4 members (excludes halogenated alkanes) is 19. The minimum Gasteiger partial charge on any atom is -0.394 e.